The summed E-state index contributed by atoms with van der Waals surface area (Å²) in [6.45, 7) is 0.791. The van der Waals surface area contributed by atoms with Crippen LogP contribution in [0.4, 0.5) is 21.8 Å². The molecule has 2 heterocycles. The van der Waals surface area contributed by atoms with E-state index in [9.17, 15) is 17.6 Å². The first-order valence-corrected chi connectivity index (χ1v) is 11.9. The van der Waals surface area contributed by atoms with Gasteiger partial charge in [-0.3, -0.25) is 4.79 Å². The van der Waals surface area contributed by atoms with Crippen LogP contribution in [0.25, 0.3) is 0 Å². The molecule has 0 bridgehead atoms. The number of rotatable bonds is 8. The highest BCUT2D eigenvalue weighted by Gasteiger charge is 2.28. The van der Waals surface area contributed by atoms with E-state index in [2.05, 4.69) is 36.5 Å². The highest BCUT2D eigenvalue weighted by atomic mass is 79.9. The fourth-order valence-corrected chi connectivity index (χ4v) is 4.96. The van der Waals surface area contributed by atoms with Crippen molar-refractivity contribution < 1.29 is 17.6 Å². The van der Waals surface area contributed by atoms with Gasteiger partial charge in [0.2, 0.25) is 16.0 Å². The third-order valence-electron chi connectivity index (χ3n) is 4.74. The molecular weight excluding hydrogens is 493 g/mol. The summed E-state index contributed by atoms with van der Waals surface area (Å²) in [4.78, 5) is 20.2. The van der Waals surface area contributed by atoms with Gasteiger partial charge in [-0.1, -0.05) is 6.07 Å². The number of hydrogen-bond acceptors (Lipinski definition) is 8. The van der Waals surface area contributed by atoms with E-state index in [4.69, 9.17) is 11.5 Å². The van der Waals surface area contributed by atoms with Crippen LogP contribution in [-0.2, 0) is 10.0 Å². The van der Waals surface area contributed by atoms with E-state index in [0.29, 0.717) is 17.4 Å². The van der Waals surface area contributed by atoms with Gasteiger partial charge in [0, 0.05) is 31.9 Å². The molecule has 2 aromatic rings. The summed E-state index contributed by atoms with van der Waals surface area (Å²) >= 11 is 3.32. The Labute approximate surface area is 187 Å². The molecule has 1 aliphatic rings. The van der Waals surface area contributed by atoms with Crippen LogP contribution in [0, 0.1) is 5.82 Å². The maximum atomic E-state index is 14.0. The standard InChI is InChI=1S/C18H23BrFN7O3S/c19-12-9-23-18(24-11-3-2-7-27(10-11)31(29,30)8-6-21)26-17(12)25-14-5-1-4-13(20)15(14)16(22)28/h1,4-5,9,11H,2-3,6-8,10,21H2,(H2,22,28)(H2,23,24,25,26). The molecule has 3 rings (SSSR count). The van der Waals surface area contributed by atoms with Crippen molar-refractivity contribution in [3.05, 3.63) is 40.2 Å². The predicted molar refractivity (Wildman–Crippen MR) is 119 cm³/mol. The molecule has 168 valence electrons. The first-order valence-electron chi connectivity index (χ1n) is 9.53. The lowest BCUT2D eigenvalue weighted by Crippen LogP contribution is -2.46. The summed E-state index contributed by atoms with van der Waals surface area (Å²) < 4.78 is 40.5. The normalized spacial score (nSPS) is 17.3. The lowest BCUT2D eigenvalue weighted by Gasteiger charge is -2.32. The number of sulfonamides is 1. The fraction of sp³-hybridized carbons (Fsp3) is 0.389. The van der Waals surface area contributed by atoms with Crippen molar-refractivity contribution >= 4 is 49.3 Å². The minimum Gasteiger partial charge on any atom is -0.365 e. The average Bonchev–Trinajstić information content (AvgIpc) is 2.70. The number of hydrogen-bond donors (Lipinski definition) is 4. The number of piperidine rings is 1. The number of carbonyl (C=O) groups is 1. The maximum Gasteiger partial charge on any atom is 0.253 e. The lowest BCUT2D eigenvalue weighted by molar-refractivity contribution is 0.0997. The number of nitrogens with two attached hydrogens (primary N) is 2. The Morgan fingerprint density at radius 2 is 2.16 bits per heavy atom. The molecule has 6 N–H and O–H groups in total. The van der Waals surface area contributed by atoms with Crippen LogP contribution in [-0.4, -0.2) is 60.0 Å². The number of anilines is 3. The van der Waals surface area contributed by atoms with Gasteiger partial charge < -0.3 is 22.1 Å². The van der Waals surface area contributed by atoms with Crippen molar-refractivity contribution in [2.45, 2.75) is 18.9 Å². The number of amides is 1. The van der Waals surface area contributed by atoms with Gasteiger partial charge in [0.05, 0.1) is 21.5 Å². The first-order chi connectivity index (χ1) is 14.7. The van der Waals surface area contributed by atoms with Crippen LogP contribution in [0.2, 0.25) is 0 Å². The number of halogens is 2. The third-order valence-corrected chi connectivity index (χ3v) is 7.19. The molecular formula is C18H23BrFN7O3S. The Hall–Kier alpha value is -2.35. The van der Waals surface area contributed by atoms with Gasteiger partial charge in [-0.15, -0.1) is 0 Å². The highest BCUT2D eigenvalue weighted by Crippen LogP contribution is 2.28. The van der Waals surface area contributed by atoms with Crippen molar-refractivity contribution in [3.8, 4) is 0 Å². The molecule has 1 amide bonds. The maximum absolute atomic E-state index is 14.0. The minimum absolute atomic E-state index is 0.0646. The SMILES string of the molecule is NCCS(=O)(=O)N1CCCC(Nc2ncc(Br)c(Nc3cccc(F)c3C(N)=O)n2)C1. The number of primary amides is 1. The summed E-state index contributed by atoms with van der Waals surface area (Å²) in [5.74, 6) is -1.22. The van der Waals surface area contributed by atoms with E-state index >= 15 is 0 Å². The average molecular weight is 516 g/mol. The topological polar surface area (TPSA) is 156 Å². The Morgan fingerprint density at radius 1 is 1.39 bits per heavy atom. The van der Waals surface area contributed by atoms with Crippen LogP contribution < -0.4 is 22.1 Å². The van der Waals surface area contributed by atoms with Gasteiger partial charge in [0.1, 0.15) is 11.6 Å². The summed E-state index contributed by atoms with van der Waals surface area (Å²) in [7, 11) is -3.40. The van der Waals surface area contributed by atoms with Gasteiger partial charge in [-0.05, 0) is 40.9 Å². The molecule has 31 heavy (non-hydrogen) atoms. The van der Waals surface area contributed by atoms with E-state index in [-0.39, 0.29) is 47.9 Å². The first kappa shape index (κ1) is 23.3. The Bertz CT molecular complexity index is 1070. The van der Waals surface area contributed by atoms with E-state index in [0.717, 1.165) is 12.5 Å². The number of benzene rings is 1. The Kier molecular flexibility index (Phi) is 7.41. The van der Waals surface area contributed by atoms with Crippen LogP contribution in [0.15, 0.2) is 28.9 Å². The molecule has 1 unspecified atom stereocenters. The van der Waals surface area contributed by atoms with Crippen LogP contribution >= 0.6 is 15.9 Å². The summed E-state index contributed by atoms with van der Waals surface area (Å²) in [6, 6.07) is 3.90. The predicted octanol–water partition coefficient (Wildman–Crippen LogP) is 1.39. The molecule has 0 saturated carbocycles. The zero-order valence-corrected chi connectivity index (χ0v) is 18.9. The monoisotopic (exact) mass is 515 g/mol. The van der Waals surface area contributed by atoms with Crippen LogP contribution in [0.5, 0.6) is 0 Å². The van der Waals surface area contributed by atoms with Gasteiger partial charge in [-0.2, -0.15) is 9.29 Å². The van der Waals surface area contributed by atoms with Crippen molar-refractivity contribution in [2.75, 3.05) is 36.0 Å². The van der Waals surface area contributed by atoms with Crippen LogP contribution in [0.1, 0.15) is 23.2 Å². The largest absolute Gasteiger partial charge is 0.365 e. The molecule has 0 aliphatic carbocycles. The third kappa shape index (κ3) is 5.67. The second kappa shape index (κ2) is 9.85. The summed E-state index contributed by atoms with van der Waals surface area (Å²) in [5.41, 5.74) is 10.6. The van der Waals surface area contributed by atoms with Gasteiger partial charge in [0.25, 0.3) is 5.91 Å². The van der Waals surface area contributed by atoms with Crippen molar-refractivity contribution in [2.24, 2.45) is 11.5 Å². The van der Waals surface area contributed by atoms with E-state index in [1.807, 2.05) is 0 Å². The lowest BCUT2D eigenvalue weighted by atomic mass is 10.1. The zero-order chi connectivity index (χ0) is 22.6. The summed E-state index contributed by atoms with van der Waals surface area (Å²) in [5, 5.41) is 6.03. The number of carbonyl (C=O) groups excluding carboxylic acids is 1. The van der Waals surface area contributed by atoms with Gasteiger partial charge in [0.15, 0.2) is 0 Å². The van der Waals surface area contributed by atoms with E-state index in [1.165, 1.54) is 22.6 Å². The molecule has 1 aromatic heterocycles. The highest BCUT2D eigenvalue weighted by molar-refractivity contribution is 9.10. The molecule has 1 aromatic carbocycles. The zero-order valence-electron chi connectivity index (χ0n) is 16.5. The fourth-order valence-electron chi connectivity index (χ4n) is 3.30. The number of nitrogens with one attached hydrogen (secondary N) is 2. The second-order valence-electron chi connectivity index (χ2n) is 6.99. The Balaban J connectivity index is 1.78. The molecule has 0 spiro atoms. The Morgan fingerprint density at radius 3 is 2.87 bits per heavy atom. The quantitative estimate of drug-likeness (QED) is 0.410. The van der Waals surface area contributed by atoms with Crippen molar-refractivity contribution in [1.82, 2.24) is 14.3 Å². The number of aromatic nitrogens is 2. The molecule has 0 radical (unpaired) electrons. The van der Waals surface area contributed by atoms with Crippen LogP contribution in [0.3, 0.4) is 0 Å². The molecule has 1 atom stereocenters. The smallest absolute Gasteiger partial charge is 0.253 e. The minimum atomic E-state index is -3.40. The molecule has 10 nitrogen and oxygen atoms in total. The van der Waals surface area contributed by atoms with Crippen molar-refractivity contribution in [3.63, 3.8) is 0 Å². The summed E-state index contributed by atoms with van der Waals surface area (Å²) in [6.07, 6.45) is 2.92. The molecule has 1 fully saturated rings. The van der Waals surface area contributed by atoms with E-state index in [1.54, 1.807) is 0 Å². The number of nitrogens with zero attached hydrogens (tertiary/aromatic N) is 3. The molecule has 1 aliphatic heterocycles. The molecule has 13 heteroatoms. The van der Waals surface area contributed by atoms with Crippen molar-refractivity contribution in [1.29, 1.82) is 0 Å². The van der Waals surface area contributed by atoms with Gasteiger partial charge in [-0.25, -0.2) is 17.8 Å². The second-order valence-corrected chi connectivity index (χ2v) is 9.93. The van der Waals surface area contributed by atoms with Gasteiger partial charge >= 0.3 is 0 Å². The van der Waals surface area contributed by atoms with E-state index < -0.39 is 21.7 Å². The molecule has 1 saturated heterocycles.